The second kappa shape index (κ2) is 6.35. The molecule has 0 saturated carbocycles. The topological polar surface area (TPSA) is 49.7 Å². The molecule has 0 unspecified atom stereocenters. The third kappa shape index (κ3) is 2.87. The molecule has 0 atom stereocenters. The number of hydrogen-bond acceptors (Lipinski definition) is 3. The Morgan fingerprint density at radius 3 is 2.09 bits per heavy atom. The van der Waals surface area contributed by atoms with Crippen molar-refractivity contribution in [2.24, 2.45) is 0 Å². The molecule has 0 spiro atoms. The second-order valence-corrected chi connectivity index (χ2v) is 5.28. The van der Waals surface area contributed by atoms with E-state index in [9.17, 15) is 0 Å². The van der Waals surface area contributed by atoms with Crippen LogP contribution in [0.1, 0.15) is 0 Å². The van der Waals surface area contributed by atoms with Crippen molar-refractivity contribution < 1.29 is 14.7 Å². The molecule has 0 aliphatic rings. The van der Waals surface area contributed by atoms with Crippen molar-refractivity contribution in [3.8, 4) is 5.75 Å². The molecule has 0 fully saturated rings. The molecule has 0 aromatic heterocycles. The fraction of sp³-hybridized carbons (Fsp3) is 0. The molecule has 0 radical (unpaired) electrons. The fourth-order valence-corrected chi connectivity index (χ4v) is 2.98. The highest BCUT2D eigenvalue weighted by atomic mass is 127. The molecule has 4 aromatic carbocycles. The highest BCUT2D eigenvalue weighted by Crippen LogP contribution is 2.35. The summed E-state index contributed by atoms with van der Waals surface area (Å²) in [5, 5.41) is 24.6. The molecule has 3 nitrogen and oxygen atoms in total. The summed E-state index contributed by atoms with van der Waals surface area (Å²) in [6.07, 6.45) is 0. The molecule has 4 rings (SSSR count). The SMILES string of the molecule is I.OB(O)Oc1cccc2ccc3cc4ccccc4cc3c12. The van der Waals surface area contributed by atoms with Crippen LogP contribution in [0.2, 0.25) is 0 Å². The summed E-state index contributed by atoms with van der Waals surface area (Å²) in [4.78, 5) is 0. The van der Waals surface area contributed by atoms with Crippen LogP contribution >= 0.6 is 24.0 Å². The van der Waals surface area contributed by atoms with Gasteiger partial charge >= 0.3 is 7.32 Å². The summed E-state index contributed by atoms with van der Waals surface area (Å²) in [6.45, 7) is 0. The molecule has 2 N–H and O–H groups in total. The minimum atomic E-state index is -1.83. The molecule has 0 heterocycles. The first-order chi connectivity index (χ1) is 10.7. The van der Waals surface area contributed by atoms with Crippen molar-refractivity contribution in [3.63, 3.8) is 0 Å². The zero-order valence-corrected chi connectivity index (χ0v) is 14.5. The van der Waals surface area contributed by atoms with Crippen LogP contribution in [0.5, 0.6) is 5.75 Å². The summed E-state index contributed by atoms with van der Waals surface area (Å²) in [5.41, 5.74) is 0. The molecule has 23 heavy (non-hydrogen) atoms. The standard InChI is InChI=1S/C18H13BO3.HI/c20-19(21)22-17-7-3-6-12-8-9-15-10-13-4-1-2-5-14(13)11-16(15)18(12)17;/h1-11,20-21H;1H. The van der Waals surface area contributed by atoms with E-state index in [1.165, 1.54) is 5.39 Å². The first-order valence-corrected chi connectivity index (χ1v) is 7.09. The van der Waals surface area contributed by atoms with Gasteiger partial charge in [0.25, 0.3) is 0 Å². The zero-order chi connectivity index (χ0) is 15.1. The Bertz CT molecular complexity index is 1000. The van der Waals surface area contributed by atoms with Crippen LogP contribution < -0.4 is 4.65 Å². The molecular formula is C18H14BIO3. The smallest absolute Gasteiger partial charge is 0.511 e. The maximum absolute atomic E-state index is 9.14. The lowest BCUT2D eigenvalue weighted by Crippen LogP contribution is -2.20. The van der Waals surface area contributed by atoms with Crippen LogP contribution in [-0.2, 0) is 0 Å². The van der Waals surface area contributed by atoms with Crippen molar-refractivity contribution in [1.29, 1.82) is 0 Å². The van der Waals surface area contributed by atoms with E-state index in [-0.39, 0.29) is 24.0 Å². The minimum Gasteiger partial charge on any atom is -0.511 e. The van der Waals surface area contributed by atoms with Gasteiger partial charge in [-0.2, -0.15) is 0 Å². The van der Waals surface area contributed by atoms with Gasteiger partial charge in [-0.1, -0.05) is 48.5 Å². The van der Waals surface area contributed by atoms with Crippen molar-refractivity contribution >= 4 is 63.6 Å². The fourth-order valence-electron chi connectivity index (χ4n) is 2.98. The van der Waals surface area contributed by atoms with E-state index in [1.54, 1.807) is 6.07 Å². The molecule has 114 valence electrons. The summed E-state index contributed by atoms with van der Waals surface area (Å²) in [7, 11) is -1.83. The van der Waals surface area contributed by atoms with Crippen molar-refractivity contribution in [2.75, 3.05) is 0 Å². The number of halogens is 1. The van der Waals surface area contributed by atoms with Crippen LogP contribution in [0.3, 0.4) is 0 Å². The summed E-state index contributed by atoms with van der Waals surface area (Å²) in [6, 6.07) is 22.1. The molecule has 5 heteroatoms. The first kappa shape index (κ1) is 16.0. The molecule has 0 saturated heterocycles. The van der Waals surface area contributed by atoms with E-state index >= 15 is 0 Å². The molecule has 0 aliphatic heterocycles. The molecule has 0 amide bonds. The monoisotopic (exact) mass is 416 g/mol. The number of hydrogen-bond donors (Lipinski definition) is 2. The first-order valence-electron chi connectivity index (χ1n) is 7.09. The minimum absolute atomic E-state index is 0. The van der Waals surface area contributed by atoms with Crippen molar-refractivity contribution in [3.05, 3.63) is 66.7 Å². The van der Waals surface area contributed by atoms with Gasteiger partial charge in [0.2, 0.25) is 0 Å². The normalized spacial score (nSPS) is 10.7. The lowest BCUT2D eigenvalue weighted by molar-refractivity contribution is 0.289. The van der Waals surface area contributed by atoms with E-state index in [0.717, 1.165) is 26.9 Å². The molecule has 0 bridgehead atoms. The van der Waals surface area contributed by atoms with Gasteiger partial charge in [0.1, 0.15) is 5.75 Å². The van der Waals surface area contributed by atoms with E-state index in [0.29, 0.717) is 5.75 Å². The Morgan fingerprint density at radius 1 is 0.696 bits per heavy atom. The number of benzene rings is 4. The molecular weight excluding hydrogens is 402 g/mol. The van der Waals surface area contributed by atoms with Crippen LogP contribution in [0.15, 0.2) is 66.7 Å². The quantitative estimate of drug-likeness (QED) is 0.224. The van der Waals surface area contributed by atoms with Crippen LogP contribution in [0.4, 0.5) is 0 Å². The average molecular weight is 416 g/mol. The van der Waals surface area contributed by atoms with E-state index in [2.05, 4.69) is 30.3 Å². The Hall–Kier alpha value is -1.83. The molecule has 0 aliphatic carbocycles. The Balaban J connectivity index is 0.00000156. The van der Waals surface area contributed by atoms with Crippen LogP contribution in [0, 0.1) is 0 Å². The summed E-state index contributed by atoms with van der Waals surface area (Å²) >= 11 is 0. The highest BCUT2D eigenvalue weighted by Gasteiger charge is 2.15. The zero-order valence-electron chi connectivity index (χ0n) is 12.1. The lowest BCUT2D eigenvalue weighted by atomic mass is 9.97. The van der Waals surface area contributed by atoms with Crippen molar-refractivity contribution in [1.82, 2.24) is 0 Å². The van der Waals surface area contributed by atoms with Gasteiger partial charge in [-0.05, 0) is 45.1 Å². The van der Waals surface area contributed by atoms with E-state index < -0.39 is 7.32 Å². The summed E-state index contributed by atoms with van der Waals surface area (Å²) in [5.74, 6) is 0.466. The van der Waals surface area contributed by atoms with E-state index in [1.807, 2.05) is 30.3 Å². The maximum atomic E-state index is 9.14. The van der Waals surface area contributed by atoms with Gasteiger partial charge in [0.15, 0.2) is 0 Å². The predicted molar refractivity (Wildman–Crippen MR) is 105 cm³/mol. The van der Waals surface area contributed by atoms with Gasteiger partial charge in [0.05, 0.1) is 0 Å². The highest BCUT2D eigenvalue weighted by molar-refractivity contribution is 14.0. The number of fused-ring (bicyclic) bond motifs is 4. The van der Waals surface area contributed by atoms with Gasteiger partial charge in [-0.3, -0.25) is 0 Å². The van der Waals surface area contributed by atoms with Gasteiger partial charge in [0, 0.05) is 5.39 Å². The lowest BCUT2D eigenvalue weighted by Gasteiger charge is -2.12. The van der Waals surface area contributed by atoms with Gasteiger partial charge in [-0.15, -0.1) is 24.0 Å². The van der Waals surface area contributed by atoms with Crippen molar-refractivity contribution in [2.45, 2.75) is 0 Å². The number of rotatable bonds is 2. The van der Waals surface area contributed by atoms with Gasteiger partial charge in [-0.25, -0.2) is 0 Å². The Kier molecular flexibility index (Phi) is 4.43. The van der Waals surface area contributed by atoms with E-state index in [4.69, 9.17) is 14.7 Å². The average Bonchev–Trinajstić information content (AvgIpc) is 2.52. The van der Waals surface area contributed by atoms with Crippen LogP contribution in [0.25, 0.3) is 32.3 Å². The summed E-state index contributed by atoms with van der Waals surface area (Å²) < 4.78 is 5.16. The Morgan fingerprint density at radius 2 is 1.35 bits per heavy atom. The largest absolute Gasteiger partial charge is 0.707 e. The van der Waals surface area contributed by atoms with Crippen LogP contribution in [-0.4, -0.2) is 17.4 Å². The second-order valence-electron chi connectivity index (χ2n) is 5.28. The molecule has 4 aromatic rings. The predicted octanol–water partition coefficient (Wildman–Crippen LogP) is 4.11. The maximum Gasteiger partial charge on any atom is 0.707 e. The Labute approximate surface area is 150 Å². The third-order valence-electron chi connectivity index (χ3n) is 3.92. The third-order valence-corrected chi connectivity index (χ3v) is 3.92. The van der Waals surface area contributed by atoms with Gasteiger partial charge < -0.3 is 14.7 Å².